The molecule has 0 aromatic heterocycles. The summed E-state index contributed by atoms with van der Waals surface area (Å²) in [5, 5.41) is 0. The molecule has 0 saturated heterocycles. The third kappa shape index (κ3) is 7.22. The molecule has 4 nitrogen and oxygen atoms in total. The minimum Gasteiger partial charge on any atom is -0.398 e. The van der Waals surface area contributed by atoms with E-state index in [-0.39, 0.29) is 33.5 Å². The maximum atomic E-state index is 6.64. The van der Waals surface area contributed by atoms with E-state index < -0.39 is 0 Å². The summed E-state index contributed by atoms with van der Waals surface area (Å²) in [5.74, 6) is -0.118. The number of anilines is 4. The quantitative estimate of drug-likeness (QED) is 0.167. The Morgan fingerprint density at radius 1 is 0.326 bits per heavy atom. The van der Waals surface area contributed by atoms with Gasteiger partial charge in [-0.1, -0.05) is 132 Å². The molecule has 4 heteroatoms. The van der Waals surface area contributed by atoms with Crippen LogP contribution in [-0.4, -0.2) is 0 Å². The van der Waals surface area contributed by atoms with Crippen molar-refractivity contribution in [3.63, 3.8) is 0 Å². The van der Waals surface area contributed by atoms with E-state index in [4.69, 9.17) is 22.9 Å². The van der Waals surface area contributed by atoms with Gasteiger partial charge in [-0.15, -0.1) is 0 Å². The van der Waals surface area contributed by atoms with Crippen molar-refractivity contribution in [1.29, 1.82) is 0 Å². The first kappa shape index (κ1) is 34.9. The first-order chi connectivity index (χ1) is 21.0. The summed E-state index contributed by atoms with van der Waals surface area (Å²) in [7, 11) is 0. The van der Waals surface area contributed by atoms with Crippen molar-refractivity contribution in [3.8, 4) is 0 Å². The molecule has 0 aliphatic rings. The van der Waals surface area contributed by atoms with Gasteiger partial charge in [0.1, 0.15) is 0 Å². The van der Waals surface area contributed by atoms with Crippen molar-refractivity contribution in [2.45, 2.75) is 117 Å². The SMILES string of the molecule is CC(C)(C)c1cc(C(c2ccc(N)c(C(C)(C)C)c2)C(c2ccc(N)c(C(C)(C)C)c2)c2ccc(N)c(C(C)(C)C)c2)ccc1N. The summed E-state index contributed by atoms with van der Waals surface area (Å²) < 4.78 is 0. The van der Waals surface area contributed by atoms with Crippen LogP contribution >= 0.6 is 0 Å². The Morgan fingerprint density at radius 3 is 0.652 bits per heavy atom. The fourth-order valence-electron chi connectivity index (χ4n) is 6.82. The van der Waals surface area contributed by atoms with Crippen LogP contribution in [-0.2, 0) is 21.7 Å². The van der Waals surface area contributed by atoms with Crippen molar-refractivity contribution in [1.82, 2.24) is 0 Å². The lowest BCUT2D eigenvalue weighted by Crippen LogP contribution is -2.22. The Kier molecular flexibility index (Phi) is 9.13. The van der Waals surface area contributed by atoms with E-state index in [1.807, 2.05) is 0 Å². The molecular weight excluding hydrogens is 560 g/mol. The molecule has 0 unspecified atom stereocenters. The predicted octanol–water partition coefficient (Wildman–Crippen LogP) is 10.2. The zero-order chi connectivity index (χ0) is 34.6. The van der Waals surface area contributed by atoms with Crippen molar-refractivity contribution in [3.05, 3.63) is 117 Å². The van der Waals surface area contributed by atoms with Crippen LogP contribution in [0.2, 0.25) is 0 Å². The molecule has 46 heavy (non-hydrogen) atoms. The Balaban J connectivity index is 2.18. The van der Waals surface area contributed by atoms with Crippen molar-refractivity contribution in [2.24, 2.45) is 0 Å². The second-order valence-corrected chi connectivity index (χ2v) is 17.3. The number of hydrogen-bond donors (Lipinski definition) is 4. The van der Waals surface area contributed by atoms with Gasteiger partial charge in [0.25, 0.3) is 0 Å². The maximum Gasteiger partial charge on any atom is 0.0352 e. The molecule has 0 fully saturated rings. The van der Waals surface area contributed by atoms with E-state index in [1.54, 1.807) is 0 Å². The standard InChI is InChI=1S/C42H58N4/c1-39(2,3)29-21-25(13-17-33(29)43)37(26-14-18-34(44)30(22-26)40(4,5)6)38(27-15-19-35(45)31(23-27)41(7,8)9)28-16-20-36(46)32(24-28)42(10,11)12/h13-24,37-38H,43-46H2,1-12H3. The Bertz CT molecular complexity index is 1460. The molecule has 0 saturated carbocycles. The number of benzene rings is 4. The van der Waals surface area contributed by atoms with Gasteiger partial charge in [-0.3, -0.25) is 0 Å². The lowest BCUT2D eigenvalue weighted by Gasteiger charge is -2.34. The maximum absolute atomic E-state index is 6.64. The highest BCUT2D eigenvalue weighted by atomic mass is 14.6. The fraction of sp³-hybridized carbons (Fsp3) is 0.429. The summed E-state index contributed by atoms with van der Waals surface area (Å²) in [6.45, 7) is 26.7. The minimum atomic E-state index is -0.126. The van der Waals surface area contributed by atoms with Gasteiger partial charge in [-0.2, -0.15) is 0 Å². The number of rotatable bonds is 5. The minimum absolute atomic E-state index is 0.0590. The zero-order valence-corrected chi connectivity index (χ0v) is 30.4. The third-order valence-electron chi connectivity index (χ3n) is 9.31. The van der Waals surface area contributed by atoms with E-state index in [9.17, 15) is 0 Å². The van der Waals surface area contributed by atoms with Gasteiger partial charge in [0.05, 0.1) is 0 Å². The molecule has 4 rings (SSSR count). The largest absolute Gasteiger partial charge is 0.398 e. The van der Waals surface area contributed by atoms with E-state index in [2.05, 4.69) is 156 Å². The molecule has 0 aliphatic carbocycles. The zero-order valence-electron chi connectivity index (χ0n) is 30.4. The van der Waals surface area contributed by atoms with Crippen LogP contribution < -0.4 is 22.9 Å². The highest BCUT2D eigenvalue weighted by Crippen LogP contribution is 2.48. The first-order valence-electron chi connectivity index (χ1n) is 16.6. The third-order valence-corrected chi connectivity index (χ3v) is 9.31. The average molecular weight is 619 g/mol. The molecule has 0 atom stereocenters. The summed E-state index contributed by atoms with van der Waals surface area (Å²) in [5.41, 5.74) is 38.7. The van der Waals surface area contributed by atoms with E-state index in [0.29, 0.717) is 0 Å². The van der Waals surface area contributed by atoms with Gasteiger partial charge in [0.15, 0.2) is 0 Å². The van der Waals surface area contributed by atoms with Crippen LogP contribution in [0.4, 0.5) is 22.7 Å². The van der Waals surface area contributed by atoms with Crippen LogP contribution in [0.15, 0.2) is 72.8 Å². The lowest BCUT2D eigenvalue weighted by molar-refractivity contribution is 0.580. The Morgan fingerprint density at radius 2 is 0.500 bits per heavy atom. The van der Waals surface area contributed by atoms with Gasteiger partial charge in [0.2, 0.25) is 0 Å². The van der Waals surface area contributed by atoms with Gasteiger partial charge in [-0.05, 0) is 90.4 Å². The van der Waals surface area contributed by atoms with Crippen molar-refractivity contribution < 1.29 is 0 Å². The lowest BCUT2D eigenvalue weighted by atomic mass is 9.70. The van der Waals surface area contributed by atoms with E-state index in [1.165, 1.54) is 22.3 Å². The summed E-state index contributed by atoms with van der Waals surface area (Å²) >= 11 is 0. The van der Waals surface area contributed by atoms with Crippen LogP contribution in [0.3, 0.4) is 0 Å². The van der Waals surface area contributed by atoms with Gasteiger partial charge in [0, 0.05) is 34.6 Å². The average Bonchev–Trinajstić information content (AvgIpc) is 2.91. The Hall–Kier alpha value is -3.92. The second kappa shape index (κ2) is 12.0. The van der Waals surface area contributed by atoms with Crippen LogP contribution in [0.1, 0.15) is 139 Å². The number of nitrogens with two attached hydrogens (primary N) is 4. The monoisotopic (exact) mass is 618 g/mol. The first-order valence-corrected chi connectivity index (χ1v) is 16.6. The van der Waals surface area contributed by atoms with Gasteiger partial charge in [-0.25, -0.2) is 0 Å². The molecule has 0 spiro atoms. The van der Waals surface area contributed by atoms with E-state index in [0.717, 1.165) is 45.0 Å². The summed E-state index contributed by atoms with van der Waals surface area (Å²) in [4.78, 5) is 0. The molecule has 4 aromatic rings. The molecule has 0 heterocycles. The molecule has 4 aromatic carbocycles. The smallest absolute Gasteiger partial charge is 0.0352 e. The topological polar surface area (TPSA) is 104 Å². The molecule has 0 amide bonds. The number of nitrogen functional groups attached to an aromatic ring is 4. The highest BCUT2D eigenvalue weighted by Gasteiger charge is 2.33. The second-order valence-electron chi connectivity index (χ2n) is 17.3. The predicted molar refractivity (Wildman–Crippen MR) is 202 cm³/mol. The molecule has 0 radical (unpaired) electrons. The van der Waals surface area contributed by atoms with Crippen molar-refractivity contribution in [2.75, 3.05) is 22.9 Å². The molecule has 8 N–H and O–H groups in total. The number of hydrogen-bond acceptors (Lipinski definition) is 4. The highest BCUT2D eigenvalue weighted by molar-refractivity contribution is 5.61. The summed E-state index contributed by atoms with van der Waals surface area (Å²) in [6.07, 6.45) is 0. The fourth-order valence-corrected chi connectivity index (χ4v) is 6.82. The molecule has 0 aliphatic heterocycles. The van der Waals surface area contributed by atoms with Crippen LogP contribution in [0.25, 0.3) is 0 Å². The Labute approximate surface area is 279 Å². The molecule has 0 bridgehead atoms. The van der Waals surface area contributed by atoms with E-state index >= 15 is 0 Å². The van der Waals surface area contributed by atoms with Gasteiger partial charge < -0.3 is 22.9 Å². The van der Waals surface area contributed by atoms with Crippen molar-refractivity contribution >= 4 is 22.7 Å². The normalized spacial score (nSPS) is 13.1. The molecule has 246 valence electrons. The van der Waals surface area contributed by atoms with Crippen LogP contribution in [0, 0.1) is 0 Å². The molecular formula is C42H58N4. The van der Waals surface area contributed by atoms with Gasteiger partial charge >= 0.3 is 0 Å². The summed E-state index contributed by atoms with van der Waals surface area (Å²) in [6, 6.07) is 26.4. The van der Waals surface area contributed by atoms with Crippen LogP contribution in [0.5, 0.6) is 0 Å².